The van der Waals surface area contributed by atoms with Crippen molar-refractivity contribution >= 4 is 33.1 Å². The van der Waals surface area contributed by atoms with Gasteiger partial charge in [0.25, 0.3) is 11.2 Å². The number of ether oxygens (including phenoxy) is 1. The molecule has 1 aromatic heterocycles. The van der Waals surface area contributed by atoms with Crippen LogP contribution >= 0.6 is 0 Å². The third-order valence-electron chi connectivity index (χ3n) is 4.88. The summed E-state index contributed by atoms with van der Waals surface area (Å²) in [4.78, 5) is 31.4. The van der Waals surface area contributed by atoms with Gasteiger partial charge in [-0.3, -0.25) is 14.9 Å². The van der Waals surface area contributed by atoms with Crippen LogP contribution in [0.25, 0.3) is 21.7 Å². The first-order chi connectivity index (χ1) is 14.0. The Bertz CT molecular complexity index is 1300. The van der Waals surface area contributed by atoms with E-state index in [0.29, 0.717) is 17.7 Å². The smallest absolute Gasteiger partial charge is 0.293 e. The van der Waals surface area contributed by atoms with Crippen LogP contribution in [-0.2, 0) is 6.54 Å². The van der Waals surface area contributed by atoms with E-state index in [0.717, 1.165) is 22.1 Å². The van der Waals surface area contributed by atoms with E-state index < -0.39 is 10.5 Å². The average Bonchev–Trinajstić information content (AvgIpc) is 2.72. The van der Waals surface area contributed by atoms with E-state index in [9.17, 15) is 14.9 Å². The summed E-state index contributed by atoms with van der Waals surface area (Å²) in [7, 11) is 3.41. The summed E-state index contributed by atoms with van der Waals surface area (Å²) >= 11 is 0. The lowest BCUT2D eigenvalue weighted by Crippen LogP contribution is -2.18. The fourth-order valence-electron chi connectivity index (χ4n) is 3.40. The maximum Gasteiger partial charge on any atom is 0.293 e. The lowest BCUT2D eigenvalue weighted by atomic mass is 10.1. The molecule has 0 saturated heterocycles. The molecule has 0 unspecified atom stereocenters. The number of aromatic amines is 1. The van der Waals surface area contributed by atoms with Crippen LogP contribution in [0.5, 0.6) is 5.75 Å². The third kappa shape index (κ3) is 3.47. The number of hydrogen-bond donors (Lipinski definition) is 1. The number of nitro groups is 1. The first-order valence-electron chi connectivity index (χ1n) is 8.90. The zero-order chi connectivity index (χ0) is 20.5. The number of benzene rings is 3. The van der Waals surface area contributed by atoms with Crippen LogP contribution < -0.4 is 15.2 Å². The van der Waals surface area contributed by atoms with Crippen molar-refractivity contribution in [3.8, 4) is 5.75 Å². The first-order valence-corrected chi connectivity index (χ1v) is 8.90. The van der Waals surface area contributed by atoms with Crippen LogP contribution in [0.1, 0.15) is 5.56 Å². The molecule has 4 rings (SSSR count). The van der Waals surface area contributed by atoms with Crippen molar-refractivity contribution in [1.82, 2.24) is 9.97 Å². The van der Waals surface area contributed by atoms with Crippen LogP contribution in [0, 0.1) is 10.1 Å². The van der Waals surface area contributed by atoms with Gasteiger partial charge in [-0.05, 0) is 40.6 Å². The molecule has 0 fully saturated rings. The van der Waals surface area contributed by atoms with Crippen LogP contribution in [0.2, 0.25) is 0 Å². The van der Waals surface area contributed by atoms with Crippen LogP contribution in [0.4, 0.5) is 11.4 Å². The predicted octanol–water partition coefficient (Wildman–Crippen LogP) is 3.63. The van der Waals surface area contributed by atoms with Crippen LogP contribution in [-0.4, -0.2) is 29.0 Å². The summed E-state index contributed by atoms with van der Waals surface area (Å²) in [6.45, 7) is 0.456. The molecule has 1 N–H and O–H groups in total. The number of nitrogens with one attached hydrogen (secondary N) is 1. The summed E-state index contributed by atoms with van der Waals surface area (Å²) in [5.41, 5.74) is 1.27. The molecule has 0 aliphatic heterocycles. The fraction of sp³-hybridized carbons (Fsp3) is 0.143. The van der Waals surface area contributed by atoms with E-state index in [-0.39, 0.29) is 11.1 Å². The second-order valence-corrected chi connectivity index (χ2v) is 6.75. The zero-order valence-electron chi connectivity index (χ0n) is 15.9. The Morgan fingerprint density at radius 2 is 1.90 bits per heavy atom. The van der Waals surface area contributed by atoms with E-state index in [1.165, 1.54) is 12.4 Å². The predicted molar refractivity (Wildman–Crippen MR) is 112 cm³/mol. The number of rotatable bonds is 5. The van der Waals surface area contributed by atoms with Crippen molar-refractivity contribution in [3.05, 3.63) is 80.9 Å². The van der Waals surface area contributed by atoms with E-state index in [1.54, 1.807) is 25.1 Å². The molecule has 0 aliphatic rings. The Morgan fingerprint density at radius 1 is 1.14 bits per heavy atom. The van der Waals surface area contributed by atoms with Crippen LogP contribution in [0.3, 0.4) is 0 Å². The summed E-state index contributed by atoms with van der Waals surface area (Å²) in [5.74, 6) is 0.789. The fourth-order valence-corrected chi connectivity index (χ4v) is 3.40. The van der Waals surface area contributed by atoms with Gasteiger partial charge in [0.05, 0.1) is 29.3 Å². The van der Waals surface area contributed by atoms with Gasteiger partial charge in [0.15, 0.2) is 0 Å². The highest BCUT2D eigenvalue weighted by atomic mass is 16.6. The summed E-state index contributed by atoms with van der Waals surface area (Å²) in [6, 6.07) is 14.7. The molecule has 0 aliphatic carbocycles. The SMILES string of the molecule is COc1ccc2cc(CN(C)c3cc4nc[nH]c(=O)c4cc3[N+](=O)[O-])ccc2c1. The molecule has 0 radical (unpaired) electrons. The number of methoxy groups -OCH3 is 1. The van der Waals surface area contributed by atoms with Crippen molar-refractivity contribution < 1.29 is 9.66 Å². The van der Waals surface area contributed by atoms with Gasteiger partial charge in [-0.2, -0.15) is 0 Å². The summed E-state index contributed by atoms with van der Waals surface area (Å²) < 4.78 is 5.25. The third-order valence-corrected chi connectivity index (χ3v) is 4.88. The maximum atomic E-state index is 12.0. The molecule has 0 bridgehead atoms. The Morgan fingerprint density at radius 3 is 2.66 bits per heavy atom. The lowest BCUT2D eigenvalue weighted by molar-refractivity contribution is -0.384. The second kappa shape index (κ2) is 7.23. The molecule has 29 heavy (non-hydrogen) atoms. The van der Waals surface area contributed by atoms with Gasteiger partial charge in [0.2, 0.25) is 0 Å². The van der Waals surface area contributed by atoms with Crippen molar-refractivity contribution in [1.29, 1.82) is 0 Å². The van der Waals surface area contributed by atoms with Gasteiger partial charge in [0, 0.05) is 19.7 Å². The van der Waals surface area contributed by atoms with Crippen molar-refractivity contribution in [2.45, 2.75) is 6.54 Å². The minimum absolute atomic E-state index is 0.135. The molecule has 4 aromatic rings. The standard InChI is InChI=1S/C21H18N4O4/c1-24(11-13-3-4-15-8-16(29-2)6-5-14(15)7-13)19-10-18-17(9-20(19)25(27)28)21(26)23-12-22-18/h3-10,12H,11H2,1-2H3,(H,22,23,26). The van der Waals surface area contributed by atoms with E-state index >= 15 is 0 Å². The zero-order valence-corrected chi connectivity index (χ0v) is 15.9. The van der Waals surface area contributed by atoms with Gasteiger partial charge < -0.3 is 14.6 Å². The Balaban J connectivity index is 1.72. The molecule has 0 atom stereocenters. The minimum atomic E-state index is -0.482. The molecular formula is C21H18N4O4. The molecule has 0 saturated carbocycles. The van der Waals surface area contributed by atoms with Crippen molar-refractivity contribution in [2.75, 3.05) is 19.1 Å². The molecule has 146 valence electrons. The highest BCUT2D eigenvalue weighted by Gasteiger charge is 2.20. The minimum Gasteiger partial charge on any atom is -0.497 e. The van der Waals surface area contributed by atoms with Gasteiger partial charge in [-0.1, -0.05) is 18.2 Å². The maximum absolute atomic E-state index is 12.0. The molecule has 8 nitrogen and oxygen atoms in total. The number of fused-ring (bicyclic) bond motifs is 2. The van der Waals surface area contributed by atoms with Crippen molar-refractivity contribution in [3.63, 3.8) is 0 Å². The normalized spacial score (nSPS) is 11.0. The topological polar surface area (TPSA) is 101 Å². The second-order valence-electron chi connectivity index (χ2n) is 6.75. The van der Waals surface area contributed by atoms with Gasteiger partial charge in [-0.15, -0.1) is 0 Å². The lowest BCUT2D eigenvalue weighted by Gasteiger charge is -2.20. The number of nitrogens with zero attached hydrogens (tertiary/aromatic N) is 3. The molecule has 0 spiro atoms. The van der Waals surface area contributed by atoms with Gasteiger partial charge in [-0.25, -0.2) is 4.98 Å². The Hall–Kier alpha value is -3.94. The molecule has 3 aromatic carbocycles. The number of aromatic nitrogens is 2. The average molecular weight is 390 g/mol. The Labute approximate surface area is 165 Å². The quantitative estimate of drug-likeness (QED) is 0.412. The number of H-pyrrole nitrogens is 1. The number of hydrogen-bond acceptors (Lipinski definition) is 6. The van der Waals surface area contributed by atoms with Gasteiger partial charge >= 0.3 is 0 Å². The number of nitro benzene ring substituents is 1. The first kappa shape index (κ1) is 18.4. The van der Waals surface area contributed by atoms with Crippen molar-refractivity contribution in [2.24, 2.45) is 0 Å². The van der Waals surface area contributed by atoms with Gasteiger partial charge in [0.1, 0.15) is 11.4 Å². The summed E-state index contributed by atoms with van der Waals surface area (Å²) in [5, 5.41) is 13.9. The number of anilines is 1. The molecule has 0 amide bonds. The molecule has 1 heterocycles. The monoisotopic (exact) mass is 390 g/mol. The van der Waals surface area contributed by atoms with E-state index in [2.05, 4.69) is 9.97 Å². The Kier molecular flexibility index (Phi) is 4.59. The molecular weight excluding hydrogens is 372 g/mol. The van der Waals surface area contributed by atoms with Crippen LogP contribution in [0.15, 0.2) is 59.7 Å². The highest BCUT2D eigenvalue weighted by molar-refractivity contribution is 5.87. The van der Waals surface area contributed by atoms with E-state index in [1.807, 2.05) is 36.4 Å². The highest BCUT2D eigenvalue weighted by Crippen LogP contribution is 2.32. The largest absolute Gasteiger partial charge is 0.497 e. The van der Waals surface area contributed by atoms with E-state index in [4.69, 9.17) is 4.74 Å². The summed E-state index contributed by atoms with van der Waals surface area (Å²) in [6.07, 6.45) is 1.29. The molecule has 8 heteroatoms.